The van der Waals surface area contributed by atoms with Crippen LogP contribution < -0.4 is 10.6 Å². The Bertz CT molecular complexity index is 217. The predicted molar refractivity (Wildman–Crippen MR) is 60.7 cm³/mol. The molecule has 102 valence electrons. The molecule has 0 saturated heterocycles. The van der Waals surface area contributed by atoms with Gasteiger partial charge in [-0.2, -0.15) is 13.2 Å². The molecular weight excluding hydrogens is 233 g/mol. The third-order valence-electron chi connectivity index (χ3n) is 2.09. The lowest BCUT2D eigenvalue weighted by Crippen LogP contribution is -2.28. The lowest BCUT2D eigenvalue weighted by Gasteiger charge is -2.09. The van der Waals surface area contributed by atoms with Crippen LogP contribution in [-0.2, 0) is 4.79 Å². The fraction of sp³-hybridized carbons (Fsp3) is 0.909. The highest BCUT2D eigenvalue weighted by Crippen LogP contribution is 2.20. The van der Waals surface area contributed by atoms with Crippen molar-refractivity contribution in [1.82, 2.24) is 10.6 Å². The molecule has 3 nitrogen and oxygen atoms in total. The molecule has 0 aliphatic heterocycles. The maximum Gasteiger partial charge on any atom is 0.389 e. The zero-order valence-electron chi connectivity index (χ0n) is 10.4. The van der Waals surface area contributed by atoms with Crippen LogP contribution in [0.15, 0.2) is 0 Å². The Hall–Kier alpha value is -0.780. The van der Waals surface area contributed by atoms with Crippen LogP contribution in [0, 0.1) is 0 Å². The van der Waals surface area contributed by atoms with E-state index in [-0.39, 0.29) is 18.9 Å². The van der Waals surface area contributed by atoms with Crippen molar-refractivity contribution in [1.29, 1.82) is 0 Å². The van der Waals surface area contributed by atoms with E-state index < -0.39 is 12.6 Å². The quantitative estimate of drug-likeness (QED) is 0.652. The second kappa shape index (κ2) is 8.33. The minimum Gasteiger partial charge on any atom is -0.356 e. The number of amides is 1. The molecular formula is C11H21F3N2O. The van der Waals surface area contributed by atoms with Gasteiger partial charge in [0.25, 0.3) is 0 Å². The summed E-state index contributed by atoms with van der Waals surface area (Å²) in [5.74, 6) is -0.183. The highest BCUT2D eigenvalue weighted by Gasteiger charge is 2.25. The van der Waals surface area contributed by atoms with Gasteiger partial charge in [-0.25, -0.2) is 0 Å². The van der Waals surface area contributed by atoms with Gasteiger partial charge in [-0.15, -0.1) is 0 Å². The van der Waals surface area contributed by atoms with E-state index in [9.17, 15) is 18.0 Å². The monoisotopic (exact) mass is 254 g/mol. The minimum absolute atomic E-state index is 0.0561. The first kappa shape index (κ1) is 16.2. The van der Waals surface area contributed by atoms with Crippen LogP contribution in [0.4, 0.5) is 13.2 Å². The van der Waals surface area contributed by atoms with Crippen molar-refractivity contribution in [3.8, 4) is 0 Å². The van der Waals surface area contributed by atoms with Crippen LogP contribution in [0.5, 0.6) is 0 Å². The zero-order valence-corrected chi connectivity index (χ0v) is 10.4. The molecule has 0 aliphatic carbocycles. The highest BCUT2D eigenvalue weighted by molar-refractivity contribution is 5.75. The van der Waals surface area contributed by atoms with Crippen molar-refractivity contribution in [2.75, 3.05) is 13.1 Å². The first-order valence-electron chi connectivity index (χ1n) is 5.88. The summed E-state index contributed by atoms with van der Waals surface area (Å²) in [5.41, 5.74) is 0. The van der Waals surface area contributed by atoms with Crippen molar-refractivity contribution in [3.05, 3.63) is 0 Å². The molecule has 1 amide bonds. The normalized spacial score (nSPS) is 11.9. The van der Waals surface area contributed by atoms with Gasteiger partial charge in [-0.3, -0.25) is 4.79 Å². The molecule has 0 radical (unpaired) electrons. The van der Waals surface area contributed by atoms with E-state index in [1.165, 1.54) is 0 Å². The van der Waals surface area contributed by atoms with Gasteiger partial charge in [-0.05, 0) is 19.4 Å². The van der Waals surface area contributed by atoms with E-state index >= 15 is 0 Å². The van der Waals surface area contributed by atoms with Crippen molar-refractivity contribution in [2.45, 2.75) is 51.7 Å². The Morgan fingerprint density at radius 2 is 1.82 bits per heavy atom. The predicted octanol–water partition coefficient (Wildman–Crippen LogP) is 2.22. The Labute approximate surface area is 100 Å². The average molecular weight is 254 g/mol. The van der Waals surface area contributed by atoms with Crippen molar-refractivity contribution >= 4 is 5.91 Å². The van der Waals surface area contributed by atoms with Crippen LogP contribution in [0.1, 0.15) is 39.5 Å². The summed E-state index contributed by atoms with van der Waals surface area (Å²) >= 11 is 0. The molecule has 0 rings (SSSR count). The lowest BCUT2D eigenvalue weighted by atomic mass is 10.2. The summed E-state index contributed by atoms with van der Waals surface area (Å²) in [6.45, 7) is 4.86. The first-order valence-corrected chi connectivity index (χ1v) is 5.88. The SMILES string of the molecule is CC(C)NCCCC(=O)NCCCC(F)(F)F. The van der Waals surface area contributed by atoms with Crippen LogP contribution in [0.2, 0.25) is 0 Å². The summed E-state index contributed by atoms with van der Waals surface area (Å²) in [4.78, 5) is 11.2. The van der Waals surface area contributed by atoms with Gasteiger partial charge in [0.05, 0.1) is 0 Å². The van der Waals surface area contributed by atoms with E-state index in [0.29, 0.717) is 18.9 Å². The Morgan fingerprint density at radius 1 is 1.18 bits per heavy atom. The highest BCUT2D eigenvalue weighted by atomic mass is 19.4. The van der Waals surface area contributed by atoms with Crippen LogP contribution in [0.3, 0.4) is 0 Å². The maximum atomic E-state index is 11.8. The largest absolute Gasteiger partial charge is 0.389 e. The maximum absolute atomic E-state index is 11.8. The molecule has 0 aromatic rings. The Kier molecular flexibility index (Phi) is 7.95. The van der Waals surface area contributed by atoms with Gasteiger partial charge in [0.15, 0.2) is 0 Å². The van der Waals surface area contributed by atoms with Crippen molar-refractivity contribution < 1.29 is 18.0 Å². The third-order valence-corrected chi connectivity index (χ3v) is 2.09. The van der Waals surface area contributed by atoms with Gasteiger partial charge >= 0.3 is 6.18 Å². The molecule has 0 aliphatic rings. The van der Waals surface area contributed by atoms with Crippen molar-refractivity contribution in [2.24, 2.45) is 0 Å². The second-order valence-electron chi connectivity index (χ2n) is 4.28. The third kappa shape index (κ3) is 13.2. The van der Waals surface area contributed by atoms with Crippen LogP contribution in [-0.4, -0.2) is 31.2 Å². The van der Waals surface area contributed by atoms with Crippen molar-refractivity contribution in [3.63, 3.8) is 0 Å². The van der Waals surface area contributed by atoms with Gasteiger partial charge in [-0.1, -0.05) is 13.8 Å². The van der Waals surface area contributed by atoms with E-state index in [1.54, 1.807) is 0 Å². The fourth-order valence-corrected chi connectivity index (χ4v) is 1.24. The molecule has 0 spiro atoms. The molecule has 0 saturated carbocycles. The van der Waals surface area contributed by atoms with Gasteiger partial charge in [0.2, 0.25) is 5.91 Å². The van der Waals surface area contributed by atoms with Crippen LogP contribution in [0.25, 0.3) is 0 Å². The first-order chi connectivity index (χ1) is 7.81. The van der Waals surface area contributed by atoms with E-state index in [2.05, 4.69) is 10.6 Å². The molecule has 6 heteroatoms. The van der Waals surface area contributed by atoms with Gasteiger partial charge in [0, 0.05) is 25.4 Å². The Morgan fingerprint density at radius 3 is 2.35 bits per heavy atom. The molecule has 0 atom stereocenters. The summed E-state index contributed by atoms with van der Waals surface area (Å²) in [6.07, 6.45) is -3.98. The number of hydrogen-bond acceptors (Lipinski definition) is 2. The second-order valence-corrected chi connectivity index (χ2v) is 4.28. The summed E-state index contributed by atoms with van der Waals surface area (Å²) < 4.78 is 35.3. The number of carbonyl (C=O) groups is 1. The number of carbonyl (C=O) groups excluding carboxylic acids is 1. The average Bonchev–Trinajstić information content (AvgIpc) is 2.18. The molecule has 0 unspecified atom stereocenters. The van der Waals surface area contributed by atoms with E-state index in [4.69, 9.17) is 0 Å². The molecule has 0 fully saturated rings. The number of halogens is 3. The summed E-state index contributed by atoms with van der Waals surface area (Å²) in [6, 6.07) is 0.379. The molecule has 2 N–H and O–H groups in total. The summed E-state index contributed by atoms with van der Waals surface area (Å²) in [7, 11) is 0. The topological polar surface area (TPSA) is 41.1 Å². The zero-order chi connectivity index (χ0) is 13.3. The molecule has 0 aromatic carbocycles. The van der Waals surface area contributed by atoms with Crippen LogP contribution >= 0.6 is 0 Å². The van der Waals surface area contributed by atoms with E-state index in [0.717, 1.165) is 6.54 Å². The molecule has 0 bridgehead atoms. The Balaban J connectivity index is 3.35. The smallest absolute Gasteiger partial charge is 0.356 e. The molecule has 0 aromatic heterocycles. The number of rotatable bonds is 8. The summed E-state index contributed by atoms with van der Waals surface area (Å²) in [5, 5.41) is 5.64. The fourth-order valence-electron chi connectivity index (χ4n) is 1.24. The lowest BCUT2D eigenvalue weighted by molar-refractivity contribution is -0.136. The van der Waals surface area contributed by atoms with Gasteiger partial charge < -0.3 is 10.6 Å². The number of hydrogen-bond donors (Lipinski definition) is 2. The minimum atomic E-state index is -4.13. The molecule has 17 heavy (non-hydrogen) atoms. The molecule has 0 heterocycles. The number of nitrogens with one attached hydrogen (secondary N) is 2. The van der Waals surface area contributed by atoms with Gasteiger partial charge in [0.1, 0.15) is 0 Å². The number of alkyl halides is 3. The standard InChI is InChI=1S/C11H21F3N2O/c1-9(2)15-7-3-5-10(17)16-8-4-6-11(12,13)14/h9,15H,3-8H2,1-2H3,(H,16,17). The van der Waals surface area contributed by atoms with E-state index in [1.807, 2.05) is 13.8 Å².